The molecule has 21 heavy (non-hydrogen) atoms. The Labute approximate surface area is 123 Å². The van der Waals surface area contributed by atoms with Gasteiger partial charge in [-0.3, -0.25) is 9.78 Å². The minimum Gasteiger partial charge on any atom is -0.287 e. The summed E-state index contributed by atoms with van der Waals surface area (Å²) in [5.74, 6) is -3.40. The highest BCUT2D eigenvalue weighted by Gasteiger charge is 2.31. The highest BCUT2D eigenvalue weighted by molar-refractivity contribution is 9.10. The van der Waals surface area contributed by atoms with Crippen LogP contribution in [-0.4, -0.2) is 10.8 Å². The van der Waals surface area contributed by atoms with Gasteiger partial charge in [-0.1, -0.05) is 0 Å². The molecule has 2 nitrogen and oxygen atoms in total. The molecule has 0 amide bonds. The van der Waals surface area contributed by atoms with Crippen LogP contribution in [0.4, 0.5) is 22.0 Å². The lowest BCUT2D eigenvalue weighted by atomic mass is 10.1. The fourth-order valence-electron chi connectivity index (χ4n) is 1.56. The molecular weight excluding hydrogens is 361 g/mol. The molecule has 0 bridgehead atoms. The van der Waals surface area contributed by atoms with Crippen molar-refractivity contribution < 1.29 is 26.7 Å². The van der Waals surface area contributed by atoms with E-state index in [4.69, 9.17) is 0 Å². The van der Waals surface area contributed by atoms with Gasteiger partial charge < -0.3 is 0 Å². The number of carbonyl (C=O) groups is 1. The first-order valence-corrected chi connectivity index (χ1v) is 6.22. The van der Waals surface area contributed by atoms with Crippen LogP contribution in [0.25, 0.3) is 0 Å². The summed E-state index contributed by atoms with van der Waals surface area (Å²) in [5, 5.41) is 0. The highest BCUT2D eigenvalue weighted by atomic mass is 79.9. The number of pyridine rings is 1. The fourth-order valence-corrected chi connectivity index (χ4v) is 1.89. The van der Waals surface area contributed by atoms with E-state index in [1.165, 1.54) is 0 Å². The summed E-state index contributed by atoms with van der Waals surface area (Å²) in [5.41, 5.74) is -2.43. The lowest BCUT2D eigenvalue weighted by molar-refractivity contribution is -0.137. The first kappa shape index (κ1) is 15.6. The van der Waals surface area contributed by atoms with Gasteiger partial charge in [-0.25, -0.2) is 8.78 Å². The van der Waals surface area contributed by atoms with Crippen molar-refractivity contribution in [3.8, 4) is 0 Å². The van der Waals surface area contributed by atoms with E-state index in [2.05, 4.69) is 20.9 Å². The molecule has 8 heteroatoms. The fraction of sp³-hybridized carbons (Fsp3) is 0.0769. The van der Waals surface area contributed by atoms with Gasteiger partial charge in [-0.2, -0.15) is 13.2 Å². The molecule has 0 saturated heterocycles. The third kappa shape index (κ3) is 3.10. The predicted molar refractivity (Wildman–Crippen MR) is 66.7 cm³/mol. The van der Waals surface area contributed by atoms with E-state index in [1.807, 2.05) is 0 Å². The number of hydrogen-bond acceptors (Lipinski definition) is 2. The van der Waals surface area contributed by atoms with Crippen LogP contribution in [0.3, 0.4) is 0 Å². The number of alkyl halides is 3. The molecule has 2 rings (SSSR count). The molecule has 0 aliphatic rings. The average molecular weight is 366 g/mol. The SMILES string of the molecule is O=C(c1ccc(C(F)(F)F)cn1)c1c(F)ccc(Br)c1F. The van der Waals surface area contributed by atoms with Gasteiger partial charge in [0.05, 0.1) is 15.6 Å². The molecule has 0 aliphatic carbocycles. The second kappa shape index (κ2) is 5.51. The van der Waals surface area contributed by atoms with Gasteiger partial charge in [0.1, 0.15) is 11.5 Å². The highest BCUT2D eigenvalue weighted by Crippen LogP contribution is 2.29. The number of hydrogen-bond donors (Lipinski definition) is 0. The quantitative estimate of drug-likeness (QED) is 0.449. The van der Waals surface area contributed by atoms with Crippen molar-refractivity contribution in [1.29, 1.82) is 0 Å². The van der Waals surface area contributed by atoms with Gasteiger partial charge in [0.25, 0.3) is 0 Å². The van der Waals surface area contributed by atoms with Crippen molar-refractivity contribution in [2.24, 2.45) is 0 Å². The summed E-state index contributed by atoms with van der Waals surface area (Å²) in [6, 6.07) is 3.32. The number of aromatic nitrogens is 1. The van der Waals surface area contributed by atoms with Crippen LogP contribution >= 0.6 is 15.9 Å². The predicted octanol–water partition coefficient (Wildman–Crippen LogP) is 4.37. The van der Waals surface area contributed by atoms with Gasteiger partial charge in [0, 0.05) is 6.20 Å². The third-order valence-electron chi connectivity index (χ3n) is 2.59. The zero-order valence-electron chi connectivity index (χ0n) is 10.0. The Hall–Kier alpha value is -1.83. The molecule has 0 radical (unpaired) electrons. The summed E-state index contributed by atoms with van der Waals surface area (Å²) >= 11 is 2.80. The lowest BCUT2D eigenvalue weighted by Gasteiger charge is -2.08. The molecule has 0 saturated carbocycles. The van der Waals surface area contributed by atoms with E-state index in [1.54, 1.807) is 0 Å². The first-order chi connectivity index (χ1) is 9.71. The summed E-state index contributed by atoms with van der Waals surface area (Å²) < 4.78 is 64.3. The van der Waals surface area contributed by atoms with Crippen molar-refractivity contribution in [2.75, 3.05) is 0 Å². The molecule has 0 unspecified atom stereocenters. The first-order valence-electron chi connectivity index (χ1n) is 5.43. The summed E-state index contributed by atoms with van der Waals surface area (Å²) in [7, 11) is 0. The summed E-state index contributed by atoms with van der Waals surface area (Å²) in [6.07, 6.45) is -4.18. The van der Waals surface area contributed by atoms with Gasteiger partial charge in [-0.15, -0.1) is 0 Å². The monoisotopic (exact) mass is 365 g/mol. The molecule has 1 aromatic carbocycles. The van der Waals surface area contributed by atoms with E-state index < -0.39 is 40.4 Å². The lowest BCUT2D eigenvalue weighted by Crippen LogP contribution is -2.12. The second-order valence-electron chi connectivity index (χ2n) is 3.98. The molecule has 0 N–H and O–H groups in total. The maximum atomic E-state index is 13.8. The average Bonchev–Trinajstić information content (AvgIpc) is 2.42. The number of rotatable bonds is 2. The van der Waals surface area contributed by atoms with Gasteiger partial charge >= 0.3 is 6.18 Å². The zero-order chi connectivity index (χ0) is 15.8. The minimum atomic E-state index is -4.61. The molecule has 1 aromatic heterocycles. The Morgan fingerprint density at radius 2 is 1.76 bits per heavy atom. The smallest absolute Gasteiger partial charge is 0.287 e. The van der Waals surface area contributed by atoms with Crippen molar-refractivity contribution in [3.63, 3.8) is 0 Å². The van der Waals surface area contributed by atoms with Crippen molar-refractivity contribution in [2.45, 2.75) is 6.18 Å². The Bertz CT molecular complexity index is 697. The molecular formula is C13H5BrF5NO. The Morgan fingerprint density at radius 1 is 1.10 bits per heavy atom. The maximum absolute atomic E-state index is 13.8. The van der Waals surface area contributed by atoms with Crippen LogP contribution in [0.1, 0.15) is 21.6 Å². The van der Waals surface area contributed by atoms with Gasteiger partial charge in [-0.05, 0) is 40.2 Å². The van der Waals surface area contributed by atoms with Crippen molar-refractivity contribution in [1.82, 2.24) is 4.98 Å². The molecule has 2 aromatic rings. The third-order valence-corrected chi connectivity index (χ3v) is 3.21. The largest absolute Gasteiger partial charge is 0.417 e. The van der Waals surface area contributed by atoms with E-state index in [-0.39, 0.29) is 4.47 Å². The van der Waals surface area contributed by atoms with Gasteiger partial charge in [0.15, 0.2) is 5.82 Å². The van der Waals surface area contributed by atoms with Crippen LogP contribution < -0.4 is 0 Å². The topological polar surface area (TPSA) is 30.0 Å². The molecule has 0 aliphatic heterocycles. The van der Waals surface area contributed by atoms with Crippen molar-refractivity contribution >= 4 is 21.7 Å². The van der Waals surface area contributed by atoms with E-state index in [0.717, 1.165) is 18.2 Å². The van der Waals surface area contributed by atoms with Crippen LogP contribution in [0.2, 0.25) is 0 Å². The number of halogens is 6. The maximum Gasteiger partial charge on any atom is 0.417 e. The second-order valence-corrected chi connectivity index (χ2v) is 4.83. The summed E-state index contributed by atoms with van der Waals surface area (Å²) in [6.45, 7) is 0. The standard InChI is InChI=1S/C13H5BrF5NO/c14-7-2-3-8(15)10(11(7)16)12(21)9-4-1-6(5-20-9)13(17,18)19/h1-5H. The molecule has 110 valence electrons. The normalized spacial score (nSPS) is 11.5. The number of nitrogens with zero attached hydrogens (tertiary/aromatic N) is 1. The van der Waals surface area contributed by atoms with Crippen LogP contribution in [0, 0.1) is 11.6 Å². The Morgan fingerprint density at radius 3 is 2.29 bits per heavy atom. The zero-order valence-corrected chi connectivity index (χ0v) is 11.6. The van der Waals surface area contributed by atoms with Crippen LogP contribution in [0.15, 0.2) is 34.9 Å². The molecule has 0 spiro atoms. The Kier molecular flexibility index (Phi) is 4.08. The van der Waals surface area contributed by atoms with Gasteiger partial charge in [0.2, 0.25) is 5.78 Å². The number of ketones is 1. The minimum absolute atomic E-state index is 0.140. The van der Waals surface area contributed by atoms with E-state index >= 15 is 0 Å². The van der Waals surface area contributed by atoms with Crippen LogP contribution in [0.5, 0.6) is 0 Å². The number of carbonyl (C=O) groups excluding carboxylic acids is 1. The van der Waals surface area contributed by atoms with Crippen LogP contribution in [-0.2, 0) is 6.18 Å². The molecule has 0 fully saturated rings. The summed E-state index contributed by atoms with van der Waals surface area (Å²) in [4.78, 5) is 15.3. The number of benzene rings is 1. The Balaban J connectivity index is 2.44. The molecule has 1 heterocycles. The molecule has 0 atom stereocenters. The van der Waals surface area contributed by atoms with Crippen molar-refractivity contribution in [3.05, 3.63) is 63.4 Å². The van der Waals surface area contributed by atoms with E-state index in [0.29, 0.717) is 12.3 Å². The van der Waals surface area contributed by atoms with E-state index in [9.17, 15) is 26.7 Å².